The molecule has 6 rings (SSSR count). The summed E-state index contributed by atoms with van der Waals surface area (Å²) in [5, 5.41) is 10.7. The van der Waals surface area contributed by atoms with Crippen molar-refractivity contribution >= 4 is 34.8 Å². The number of nitrogens with zero attached hydrogens (tertiary/aromatic N) is 3. The Labute approximate surface area is 276 Å². The summed E-state index contributed by atoms with van der Waals surface area (Å²) in [5.41, 5.74) is 6.39. The quantitative estimate of drug-likeness (QED) is 0.254. The van der Waals surface area contributed by atoms with Crippen molar-refractivity contribution in [2.45, 2.75) is 45.8 Å². The summed E-state index contributed by atoms with van der Waals surface area (Å²) in [5.74, 6) is -4.88. The van der Waals surface area contributed by atoms with E-state index >= 15 is 4.79 Å². The molecule has 2 aliphatic heterocycles. The molecule has 0 unspecified atom stereocenters. The minimum absolute atomic E-state index is 0.107. The van der Waals surface area contributed by atoms with Gasteiger partial charge in [0, 0.05) is 37.0 Å². The zero-order chi connectivity index (χ0) is 33.4. The largest absolute Gasteiger partial charge is 0.466 e. The van der Waals surface area contributed by atoms with Crippen LogP contribution in [-0.2, 0) is 23.9 Å². The highest BCUT2D eigenvalue weighted by Gasteiger charge is 2.59. The molecule has 3 aromatic carbocycles. The van der Waals surface area contributed by atoms with Gasteiger partial charge in [-0.2, -0.15) is 5.10 Å². The first-order valence-electron chi connectivity index (χ1n) is 16.3. The fraction of sp³-hybridized carbons (Fsp3) is 0.368. The number of ketones is 1. The van der Waals surface area contributed by atoms with E-state index in [9.17, 15) is 9.59 Å². The second-order valence-electron chi connectivity index (χ2n) is 12.6. The molecule has 0 saturated heterocycles. The fourth-order valence-electron chi connectivity index (χ4n) is 7.37. The molecule has 9 nitrogen and oxygen atoms in total. The van der Waals surface area contributed by atoms with Gasteiger partial charge in [-0.25, -0.2) is 5.01 Å². The summed E-state index contributed by atoms with van der Waals surface area (Å²) in [7, 11) is 3.94. The molecule has 6 atom stereocenters. The van der Waals surface area contributed by atoms with E-state index in [1.54, 1.807) is 13.8 Å². The van der Waals surface area contributed by atoms with Gasteiger partial charge in [0.1, 0.15) is 12.1 Å². The monoisotopic (exact) mass is 634 g/mol. The van der Waals surface area contributed by atoms with E-state index in [1.165, 1.54) is 0 Å². The van der Waals surface area contributed by atoms with Gasteiger partial charge in [0.25, 0.3) is 0 Å². The smallest absolute Gasteiger partial charge is 0.317 e. The molecular weight excluding hydrogens is 592 g/mol. The Balaban J connectivity index is 1.62. The second kappa shape index (κ2) is 13.2. The molecule has 3 aliphatic rings. The lowest BCUT2D eigenvalue weighted by Gasteiger charge is -2.47. The number of Topliss-reactive ketones (excluding diaryl/α,β-unsaturated/α-hetero) is 1. The summed E-state index contributed by atoms with van der Waals surface area (Å²) in [6, 6.07) is 24.8. The predicted molar refractivity (Wildman–Crippen MR) is 182 cm³/mol. The molecule has 0 bridgehead atoms. The van der Waals surface area contributed by atoms with Gasteiger partial charge in [-0.1, -0.05) is 60.2 Å². The molecule has 0 saturated carbocycles. The van der Waals surface area contributed by atoms with E-state index in [4.69, 9.17) is 14.6 Å². The van der Waals surface area contributed by atoms with Gasteiger partial charge in [-0.15, -0.1) is 0 Å². The van der Waals surface area contributed by atoms with Crippen LogP contribution >= 0.6 is 0 Å². The third-order valence-electron chi connectivity index (χ3n) is 9.48. The normalized spacial score (nSPS) is 25.1. The zero-order valence-corrected chi connectivity index (χ0v) is 27.8. The van der Waals surface area contributed by atoms with Crippen LogP contribution in [0.2, 0.25) is 0 Å². The first kappa shape index (κ1) is 32.2. The third kappa shape index (κ3) is 5.73. The van der Waals surface area contributed by atoms with Crippen molar-refractivity contribution in [3.05, 3.63) is 107 Å². The number of carbonyl (C=O) groups is 3. The van der Waals surface area contributed by atoms with Gasteiger partial charge < -0.3 is 14.4 Å². The van der Waals surface area contributed by atoms with E-state index in [0.717, 1.165) is 28.2 Å². The topological polar surface area (TPSA) is 101 Å². The lowest BCUT2D eigenvalue weighted by molar-refractivity contribution is -0.156. The summed E-state index contributed by atoms with van der Waals surface area (Å²) in [4.78, 5) is 45.2. The maximum absolute atomic E-state index is 15.0. The Kier molecular flexibility index (Phi) is 9.01. The summed E-state index contributed by atoms with van der Waals surface area (Å²) >= 11 is 0. The minimum Gasteiger partial charge on any atom is -0.466 e. The Morgan fingerprint density at radius 2 is 1.45 bits per heavy atom. The van der Waals surface area contributed by atoms with Crippen molar-refractivity contribution < 1.29 is 23.9 Å². The zero-order valence-electron chi connectivity index (χ0n) is 27.8. The van der Waals surface area contributed by atoms with Crippen molar-refractivity contribution in [3.63, 3.8) is 0 Å². The Morgan fingerprint density at radius 3 is 2.04 bits per heavy atom. The average Bonchev–Trinajstić information content (AvgIpc) is 3.40. The molecule has 2 heterocycles. The maximum atomic E-state index is 15.0. The van der Waals surface area contributed by atoms with Gasteiger partial charge >= 0.3 is 11.9 Å². The van der Waals surface area contributed by atoms with Crippen LogP contribution in [0.3, 0.4) is 0 Å². The summed E-state index contributed by atoms with van der Waals surface area (Å²) in [6.45, 7) is 7.72. The first-order chi connectivity index (χ1) is 22.7. The Bertz CT molecular complexity index is 1710. The van der Waals surface area contributed by atoms with Gasteiger partial charge in [-0.05, 0) is 68.7 Å². The minimum atomic E-state index is -1.24. The van der Waals surface area contributed by atoms with Crippen LogP contribution in [0.15, 0.2) is 95.1 Å². The van der Waals surface area contributed by atoms with Gasteiger partial charge in [-0.3, -0.25) is 19.7 Å². The molecular formula is C38H42N4O5. The molecule has 47 heavy (non-hydrogen) atoms. The standard InChI is InChI=1S/C38H42N4O5/c1-7-46-37(44)31-29(24-12-10-9-11-13-24)33(38(45)47-8-2)35(43)32-30(31)28-23(4)40-42(27-18-14-22(3)15-19-27)36(28)39-34(32)25-16-20-26(21-17-25)41(5)6/h9-21,28-29,31,33-34,36,39H,7-8H2,1-6H3/t28-,29-,31+,33-,34-,36+/m0/s1. The molecule has 1 N–H and O–H groups in total. The average molecular weight is 635 g/mol. The fourth-order valence-corrected chi connectivity index (χ4v) is 7.37. The number of rotatable bonds is 8. The predicted octanol–water partition coefficient (Wildman–Crippen LogP) is 5.57. The molecule has 9 heteroatoms. The van der Waals surface area contributed by atoms with Crippen LogP contribution in [0, 0.1) is 24.7 Å². The lowest BCUT2D eigenvalue weighted by atomic mass is 9.59. The molecule has 0 fully saturated rings. The van der Waals surface area contributed by atoms with Crippen molar-refractivity contribution in [2.24, 2.45) is 22.9 Å². The maximum Gasteiger partial charge on any atom is 0.317 e. The van der Waals surface area contributed by atoms with Crippen molar-refractivity contribution in [2.75, 3.05) is 37.2 Å². The van der Waals surface area contributed by atoms with E-state index in [0.29, 0.717) is 16.7 Å². The van der Waals surface area contributed by atoms with Gasteiger partial charge in [0.15, 0.2) is 5.78 Å². The molecule has 0 radical (unpaired) electrons. The molecule has 0 spiro atoms. The highest BCUT2D eigenvalue weighted by Crippen LogP contribution is 2.54. The number of aryl methyl sites for hydroxylation is 1. The highest BCUT2D eigenvalue weighted by molar-refractivity contribution is 6.14. The van der Waals surface area contributed by atoms with E-state index in [1.807, 2.05) is 117 Å². The third-order valence-corrected chi connectivity index (χ3v) is 9.48. The molecule has 0 aromatic heterocycles. The number of nitrogens with one attached hydrogen (secondary N) is 1. The first-order valence-corrected chi connectivity index (χ1v) is 16.3. The number of ether oxygens (including phenoxy) is 2. The van der Waals surface area contributed by atoms with Crippen molar-refractivity contribution in [1.29, 1.82) is 0 Å². The Hall–Kier alpha value is -4.76. The number of benzene rings is 3. The number of carbonyl (C=O) groups excluding carboxylic acids is 3. The van der Waals surface area contributed by atoms with Crippen LogP contribution in [0.5, 0.6) is 0 Å². The molecule has 3 aromatic rings. The van der Waals surface area contributed by atoms with E-state index < -0.39 is 47.8 Å². The number of anilines is 2. The second-order valence-corrected chi connectivity index (χ2v) is 12.6. The van der Waals surface area contributed by atoms with Crippen molar-refractivity contribution in [3.8, 4) is 0 Å². The number of hydrazone groups is 1. The van der Waals surface area contributed by atoms with Crippen LogP contribution in [-0.4, -0.2) is 56.9 Å². The van der Waals surface area contributed by atoms with Crippen molar-refractivity contribution in [1.82, 2.24) is 5.32 Å². The van der Waals surface area contributed by atoms with Crippen LogP contribution in [0.25, 0.3) is 0 Å². The number of esters is 2. The number of hydrogen-bond donors (Lipinski definition) is 1. The SMILES string of the molecule is CCOC(=O)[C@@H]1C(=O)C2=C([C@H](C(=O)OCC)[C@@H]1c1ccccc1)[C@@H]1C(C)=NN(c3ccc(C)cc3)[C@H]1N[C@H]2c1ccc(N(C)C)cc1. The van der Waals surface area contributed by atoms with E-state index in [2.05, 4.69) is 5.32 Å². The highest BCUT2D eigenvalue weighted by atomic mass is 16.5. The van der Waals surface area contributed by atoms with E-state index in [-0.39, 0.29) is 19.0 Å². The van der Waals surface area contributed by atoms with Crippen LogP contribution in [0.1, 0.15) is 49.4 Å². The van der Waals surface area contributed by atoms with Gasteiger partial charge in [0.2, 0.25) is 0 Å². The van der Waals surface area contributed by atoms with Gasteiger partial charge in [0.05, 0.1) is 36.8 Å². The molecule has 0 amide bonds. The summed E-state index contributed by atoms with van der Waals surface area (Å²) in [6.07, 6.45) is -0.407. The summed E-state index contributed by atoms with van der Waals surface area (Å²) < 4.78 is 11.3. The van der Waals surface area contributed by atoms with Crippen LogP contribution < -0.4 is 15.2 Å². The molecule has 1 aliphatic carbocycles. The lowest BCUT2D eigenvalue weighted by Crippen LogP contribution is -2.57. The Morgan fingerprint density at radius 1 is 0.830 bits per heavy atom. The molecule has 244 valence electrons. The van der Waals surface area contributed by atoms with Crippen LogP contribution in [0.4, 0.5) is 11.4 Å². The number of fused-ring (bicyclic) bond motifs is 2. The number of hydrogen-bond acceptors (Lipinski definition) is 9.